The monoisotopic (exact) mass is 260 g/mol. The number of pyridine rings is 1. The molecule has 0 amide bonds. The Kier molecular flexibility index (Phi) is 3.27. The lowest BCUT2D eigenvalue weighted by Gasteiger charge is -2.20. The van der Waals surface area contributed by atoms with Gasteiger partial charge in [0.05, 0.1) is 18.0 Å². The average molecular weight is 260 g/mol. The van der Waals surface area contributed by atoms with Gasteiger partial charge in [0.2, 0.25) is 0 Å². The predicted octanol–water partition coefficient (Wildman–Crippen LogP) is 1.88. The van der Waals surface area contributed by atoms with Crippen molar-refractivity contribution in [2.75, 3.05) is 18.0 Å². The van der Waals surface area contributed by atoms with Gasteiger partial charge in [-0.25, -0.2) is 0 Å². The summed E-state index contributed by atoms with van der Waals surface area (Å²) in [4.78, 5) is 18.1. The molecule has 2 fully saturated rings. The molecule has 4 heteroatoms. The highest BCUT2D eigenvalue weighted by atomic mass is 16.3. The zero-order valence-corrected chi connectivity index (χ0v) is 11.2. The number of anilines is 1. The highest BCUT2D eigenvalue weighted by molar-refractivity contribution is 5.94. The SMILES string of the molecule is CCC(=O)c1ccc(N2CC3CCC(O)C3C2)cn1. The van der Waals surface area contributed by atoms with Gasteiger partial charge in [-0.2, -0.15) is 0 Å². The number of aromatic nitrogens is 1. The van der Waals surface area contributed by atoms with Crippen LogP contribution in [0.3, 0.4) is 0 Å². The van der Waals surface area contributed by atoms with Crippen LogP contribution in [0.5, 0.6) is 0 Å². The van der Waals surface area contributed by atoms with Crippen molar-refractivity contribution in [3.63, 3.8) is 0 Å². The van der Waals surface area contributed by atoms with Gasteiger partial charge in [0.15, 0.2) is 5.78 Å². The van der Waals surface area contributed by atoms with Crippen LogP contribution in [0.4, 0.5) is 5.69 Å². The van der Waals surface area contributed by atoms with Crippen LogP contribution in [-0.2, 0) is 0 Å². The van der Waals surface area contributed by atoms with E-state index in [0.717, 1.165) is 31.6 Å². The Hall–Kier alpha value is -1.42. The first-order valence-electron chi connectivity index (χ1n) is 7.11. The molecule has 1 saturated carbocycles. The van der Waals surface area contributed by atoms with E-state index in [-0.39, 0.29) is 11.9 Å². The number of aliphatic hydroxyl groups is 1. The Bertz CT molecular complexity index is 472. The molecule has 1 aromatic heterocycles. The summed E-state index contributed by atoms with van der Waals surface area (Å²) < 4.78 is 0. The number of ketones is 1. The van der Waals surface area contributed by atoms with Crippen LogP contribution in [0.2, 0.25) is 0 Å². The topological polar surface area (TPSA) is 53.4 Å². The summed E-state index contributed by atoms with van der Waals surface area (Å²) in [6.45, 7) is 3.76. The van der Waals surface area contributed by atoms with Crippen LogP contribution in [0.1, 0.15) is 36.7 Å². The van der Waals surface area contributed by atoms with Gasteiger partial charge in [0.25, 0.3) is 0 Å². The lowest BCUT2D eigenvalue weighted by Crippen LogP contribution is -2.24. The van der Waals surface area contributed by atoms with Gasteiger partial charge in [0, 0.05) is 25.4 Å². The Morgan fingerprint density at radius 3 is 2.89 bits per heavy atom. The molecule has 3 atom stereocenters. The molecule has 1 aliphatic heterocycles. The van der Waals surface area contributed by atoms with Crippen molar-refractivity contribution < 1.29 is 9.90 Å². The zero-order chi connectivity index (χ0) is 13.4. The van der Waals surface area contributed by atoms with Gasteiger partial charge in [-0.15, -0.1) is 0 Å². The van der Waals surface area contributed by atoms with E-state index < -0.39 is 0 Å². The smallest absolute Gasteiger partial charge is 0.180 e. The molecule has 19 heavy (non-hydrogen) atoms. The van der Waals surface area contributed by atoms with Crippen LogP contribution < -0.4 is 4.90 Å². The molecule has 0 radical (unpaired) electrons. The van der Waals surface area contributed by atoms with E-state index >= 15 is 0 Å². The summed E-state index contributed by atoms with van der Waals surface area (Å²) in [7, 11) is 0. The predicted molar refractivity (Wildman–Crippen MR) is 73.3 cm³/mol. The molecule has 1 aliphatic carbocycles. The maximum Gasteiger partial charge on any atom is 0.180 e. The second-order valence-electron chi connectivity index (χ2n) is 5.65. The van der Waals surface area contributed by atoms with E-state index in [9.17, 15) is 9.90 Å². The number of hydrogen-bond acceptors (Lipinski definition) is 4. The third kappa shape index (κ3) is 2.25. The fraction of sp³-hybridized carbons (Fsp3) is 0.600. The fourth-order valence-corrected chi connectivity index (χ4v) is 3.37. The second-order valence-corrected chi connectivity index (χ2v) is 5.65. The van der Waals surface area contributed by atoms with Gasteiger partial charge in [-0.05, 0) is 30.9 Å². The van der Waals surface area contributed by atoms with E-state index in [1.807, 2.05) is 19.1 Å². The first-order chi connectivity index (χ1) is 9.19. The van der Waals surface area contributed by atoms with Crippen molar-refractivity contribution >= 4 is 11.5 Å². The molecular weight excluding hydrogens is 240 g/mol. The molecule has 1 saturated heterocycles. The number of nitrogens with zero attached hydrogens (tertiary/aromatic N) is 2. The van der Waals surface area contributed by atoms with Gasteiger partial charge >= 0.3 is 0 Å². The molecule has 2 aliphatic rings. The Morgan fingerprint density at radius 2 is 2.26 bits per heavy atom. The zero-order valence-electron chi connectivity index (χ0n) is 11.2. The number of hydrogen-bond donors (Lipinski definition) is 1. The minimum atomic E-state index is -0.135. The van der Waals surface area contributed by atoms with Crippen molar-refractivity contribution in [2.24, 2.45) is 11.8 Å². The van der Waals surface area contributed by atoms with E-state index in [1.54, 1.807) is 6.20 Å². The summed E-state index contributed by atoms with van der Waals surface area (Å²) in [5.41, 5.74) is 1.61. The third-order valence-electron chi connectivity index (χ3n) is 4.54. The van der Waals surface area contributed by atoms with Gasteiger partial charge in [-0.1, -0.05) is 6.92 Å². The average Bonchev–Trinajstić information content (AvgIpc) is 3.01. The van der Waals surface area contributed by atoms with Gasteiger partial charge in [-0.3, -0.25) is 9.78 Å². The third-order valence-corrected chi connectivity index (χ3v) is 4.54. The maximum atomic E-state index is 11.5. The Morgan fingerprint density at radius 1 is 1.42 bits per heavy atom. The van der Waals surface area contributed by atoms with Crippen LogP contribution in [-0.4, -0.2) is 35.1 Å². The Labute approximate surface area is 113 Å². The summed E-state index contributed by atoms with van der Waals surface area (Å²) in [6.07, 6.45) is 4.22. The normalized spacial score (nSPS) is 29.6. The summed E-state index contributed by atoms with van der Waals surface area (Å²) in [5, 5.41) is 9.93. The number of rotatable bonds is 3. The largest absolute Gasteiger partial charge is 0.393 e. The van der Waals surface area contributed by atoms with Crippen LogP contribution >= 0.6 is 0 Å². The van der Waals surface area contributed by atoms with Crippen molar-refractivity contribution in [3.05, 3.63) is 24.0 Å². The lowest BCUT2D eigenvalue weighted by molar-refractivity contribution is 0.0983. The highest BCUT2D eigenvalue weighted by Crippen LogP contribution is 2.39. The van der Waals surface area contributed by atoms with E-state index in [2.05, 4.69) is 9.88 Å². The molecule has 102 valence electrons. The fourth-order valence-electron chi connectivity index (χ4n) is 3.37. The number of carbonyl (C=O) groups excluding carboxylic acids is 1. The molecule has 0 spiro atoms. The molecule has 1 N–H and O–H groups in total. The van der Waals surface area contributed by atoms with E-state index in [4.69, 9.17) is 0 Å². The molecule has 0 bridgehead atoms. The molecule has 2 heterocycles. The standard InChI is InChI=1S/C15H20N2O2/c1-2-14(18)13-5-4-11(7-16-13)17-8-10-3-6-15(19)12(10)9-17/h4-5,7,10,12,15,19H,2-3,6,8-9H2,1H3. The summed E-state index contributed by atoms with van der Waals surface area (Å²) in [5.74, 6) is 1.11. The number of fused-ring (bicyclic) bond motifs is 1. The molecule has 1 aromatic rings. The van der Waals surface area contributed by atoms with E-state index in [0.29, 0.717) is 24.0 Å². The first-order valence-corrected chi connectivity index (χ1v) is 7.11. The lowest BCUT2D eigenvalue weighted by atomic mass is 10.00. The van der Waals surface area contributed by atoms with E-state index in [1.165, 1.54) is 0 Å². The molecule has 3 unspecified atom stereocenters. The quantitative estimate of drug-likeness (QED) is 0.843. The van der Waals surface area contributed by atoms with Gasteiger partial charge < -0.3 is 10.0 Å². The molecule has 3 rings (SSSR count). The van der Waals surface area contributed by atoms with Crippen LogP contribution in [0, 0.1) is 11.8 Å². The summed E-state index contributed by atoms with van der Waals surface area (Å²) in [6, 6.07) is 3.79. The molecule has 4 nitrogen and oxygen atoms in total. The highest BCUT2D eigenvalue weighted by Gasteiger charge is 2.41. The van der Waals surface area contributed by atoms with Crippen LogP contribution in [0.15, 0.2) is 18.3 Å². The Balaban J connectivity index is 1.72. The van der Waals surface area contributed by atoms with Crippen molar-refractivity contribution in [3.8, 4) is 0 Å². The van der Waals surface area contributed by atoms with Gasteiger partial charge in [0.1, 0.15) is 5.69 Å². The minimum absolute atomic E-state index is 0.0836. The maximum absolute atomic E-state index is 11.5. The van der Waals surface area contributed by atoms with Crippen molar-refractivity contribution in [1.29, 1.82) is 0 Å². The molecule has 0 aromatic carbocycles. The minimum Gasteiger partial charge on any atom is -0.393 e. The molecular formula is C15H20N2O2. The first kappa shape index (κ1) is 12.6. The van der Waals surface area contributed by atoms with Crippen molar-refractivity contribution in [2.45, 2.75) is 32.3 Å². The number of Topliss-reactive ketones (excluding diaryl/α,β-unsaturated/α-hetero) is 1. The van der Waals surface area contributed by atoms with Crippen LogP contribution in [0.25, 0.3) is 0 Å². The number of aliphatic hydroxyl groups excluding tert-OH is 1. The van der Waals surface area contributed by atoms with Crippen molar-refractivity contribution in [1.82, 2.24) is 4.98 Å². The second kappa shape index (κ2) is 4.93. The number of carbonyl (C=O) groups is 1. The summed E-state index contributed by atoms with van der Waals surface area (Å²) >= 11 is 0.